The van der Waals surface area contributed by atoms with Gasteiger partial charge in [-0.3, -0.25) is 4.98 Å². The van der Waals surface area contributed by atoms with E-state index in [0.717, 1.165) is 30.1 Å². The van der Waals surface area contributed by atoms with Gasteiger partial charge < -0.3 is 9.09 Å². The number of nitrogens with zero attached hydrogens (tertiary/aromatic N) is 6. The van der Waals surface area contributed by atoms with Crippen LogP contribution in [0.25, 0.3) is 11.4 Å². The van der Waals surface area contributed by atoms with Crippen LogP contribution in [0.3, 0.4) is 0 Å². The molecule has 1 fully saturated rings. The van der Waals surface area contributed by atoms with E-state index >= 15 is 0 Å². The highest BCUT2D eigenvalue weighted by molar-refractivity contribution is 7.89. The van der Waals surface area contributed by atoms with Gasteiger partial charge in [0.15, 0.2) is 11.6 Å². The minimum absolute atomic E-state index is 0.143. The van der Waals surface area contributed by atoms with Crippen molar-refractivity contribution in [3.63, 3.8) is 0 Å². The summed E-state index contributed by atoms with van der Waals surface area (Å²) < 4.78 is 35.8. The fraction of sp³-hybridized carbons (Fsp3) is 0.444. The predicted molar refractivity (Wildman–Crippen MR) is 98.8 cm³/mol. The summed E-state index contributed by atoms with van der Waals surface area (Å²) in [5.41, 5.74) is 1.27. The second kappa shape index (κ2) is 6.21. The molecule has 1 saturated heterocycles. The zero-order valence-corrected chi connectivity index (χ0v) is 16.4. The van der Waals surface area contributed by atoms with Crippen molar-refractivity contribution in [2.24, 2.45) is 0 Å². The van der Waals surface area contributed by atoms with Gasteiger partial charge in [-0.05, 0) is 38.8 Å². The Kier molecular flexibility index (Phi) is 3.88. The highest BCUT2D eigenvalue weighted by Crippen LogP contribution is 2.38. The van der Waals surface area contributed by atoms with Crippen molar-refractivity contribution in [3.05, 3.63) is 41.8 Å². The summed E-state index contributed by atoms with van der Waals surface area (Å²) in [5, 5.41) is 12.5. The number of aryl methyl sites for hydroxylation is 2. The van der Waals surface area contributed by atoms with Gasteiger partial charge >= 0.3 is 0 Å². The average Bonchev–Trinajstić information content (AvgIpc) is 3.31. The van der Waals surface area contributed by atoms with E-state index in [9.17, 15) is 8.42 Å². The SMILES string of the molecule is Cc1noc(C)c1S(=O)(=O)N1C2CCC1Cn1c(nnc1-c1cccnc1)C2. The van der Waals surface area contributed by atoms with Crippen molar-refractivity contribution in [1.82, 2.24) is 29.2 Å². The van der Waals surface area contributed by atoms with E-state index in [1.54, 1.807) is 30.5 Å². The van der Waals surface area contributed by atoms with Gasteiger partial charge in [-0.1, -0.05) is 5.16 Å². The Morgan fingerprint density at radius 1 is 1.18 bits per heavy atom. The molecule has 5 heterocycles. The van der Waals surface area contributed by atoms with Crippen LogP contribution in [-0.4, -0.2) is 49.7 Å². The van der Waals surface area contributed by atoms with Gasteiger partial charge in [-0.25, -0.2) is 8.42 Å². The van der Waals surface area contributed by atoms with E-state index in [4.69, 9.17) is 4.52 Å². The number of aromatic nitrogens is 5. The fourth-order valence-electron chi connectivity index (χ4n) is 4.45. The first kappa shape index (κ1) is 17.5. The third-order valence-corrected chi connectivity index (χ3v) is 7.87. The van der Waals surface area contributed by atoms with Crippen LogP contribution >= 0.6 is 0 Å². The number of fused-ring (bicyclic) bond motifs is 3. The topological polar surface area (TPSA) is 107 Å². The van der Waals surface area contributed by atoms with E-state index in [-0.39, 0.29) is 17.0 Å². The van der Waals surface area contributed by atoms with Crippen LogP contribution in [-0.2, 0) is 23.0 Å². The highest BCUT2D eigenvalue weighted by Gasteiger charge is 2.47. The molecule has 0 aliphatic carbocycles. The van der Waals surface area contributed by atoms with Crippen LogP contribution in [0.2, 0.25) is 0 Å². The minimum atomic E-state index is -3.71. The van der Waals surface area contributed by atoms with E-state index in [0.29, 0.717) is 24.4 Å². The maximum atomic E-state index is 13.5. The summed E-state index contributed by atoms with van der Waals surface area (Å²) in [5.74, 6) is 1.87. The molecule has 2 unspecified atom stereocenters. The normalized spacial score (nSPS) is 22.2. The van der Waals surface area contributed by atoms with Crippen LogP contribution in [0, 0.1) is 13.8 Å². The van der Waals surface area contributed by atoms with Crippen molar-refractivity contribution in [1.29, 1.82) is 0 Å². The molecule has 0 aromatic carbocycles. The Balaban J connectivity index is 1.56. The minimum Gasteiger partial charge on any atom is -0.360 e. The lowest BCUT2D eigenvalue weighted by atomic mass is 10.1. The Bertz CT molecular complexity index is 1120. The standard InChI is InChI=1S/C18H20N6O3S/c1-11-17(12(2)27-22-11)28(25,26)24-14-5-6-15(24)10-23-16(8-14)20-21-18(23)13-4-3-7-19-9-13/h3-4,7,9,14-15H,5-6,8,10H2,1-2H3. The van der Waals surface area contributed by atoms with Crippen LogP contribution in [0.4, 0.5) is 0 Å². The number of hydrogen-bond donors (Lipinski definition) is 0. The molecule has 28 heavy (non-hydrogen) atoms. The van der Waals surface area contributed by atoms with Crippen molar-refractivity contribution in [2.75, 3.05) is 0 Å². The number of rotatable bonds is 3. The zero-order valence-electron chi connectivity index (χ0n) is 15.6. The van der Waals surface area contributed by atoms with Gasteiger partial charge in [-0.15, -0.1) is 10.2 Å². The van der Waals surface area contributed by atoms with E-state index in [1.807, 2.05) is 16.7 Å². The molecular weight excluding hydrogens is 380 g/mol. The van der Waals surface area contributed by atoms with Crippen molar-refractivity contribution in [2.45, 2.75) is 56.6 Å². The molecule has 0 radical (unpaired) electrons. The molecule has 10 heteroatoms. The first-order valence-electron chi connectivity index (χ1n) is 9.25. The molecule has 2 atom stereocenters. The summed E-state index contributed by atoms with van der Waals surface area (Å²) in [6.45, 7) is 3.83. The van der Waals surface area contributed by atoms with Crippen LogP contribution in [0.15, 0.2) is 33.9 Å². The lowest BCUT2D eigenvalue weighted by Crippen LogP contribution is -2.42. The van der Waals surface area contributed by atoms with Gasteiger partial charge in [0.1, 0.15) is 16.4 Å². The van der Waals surface area contributed by atoms with Crippen LogP contribution in [0.5, 0.6) is 0 Å². The van der Waals surface area contributed by atoms with Gasteiger partial charge in [0.25, 0.3) is 0 Å². The van der Waals surface area contributed by atoms with E-state index in [2.05, 4.69) is 20.3 Å². The average molecular weight is 400 g/mol. The molecule has 0 N–H and O–H groups in total. The molecule has 0 saturated carbocycles. The first-order chi connectivity index (χ1) is 13.5. The van der Waals surface area contributed by atoms with E-state index < -0.39 is 10.0 Å². The maximum Gasteiger partial charge on any atom is 0.249 e. The van der Waals surface area contributed by atoms with Crippen LogP contribution in [0.1, 0.15) is 30.1 Å². The summed E-state index contributed by atoms with van der Waals surface area (Å²) in [4.78, 5) is 4.35. The Morgan fingerprint density at radius 2 is 2.00 bits per heavy atom. The maximum absolute atomic E-state index is 13.5. The summed E-state index contributed by atoms with van der Waals surface area (Å²) >= 11 is 0. The predicted octanol–water partition coefficient (Wildman–Crippen LogP) is 1.72. The highest BCUT2D eigenvalue weighted by atomic mass is 32.2. The molecule has 2 aliphatic rings. The van der Waals surface area contributed by atoms with Crippen molar-refractivity contribution < 1.29 is 12.9 Å². The molecule has 3 aromatic rings. The van der Waals surface area contributed by atoms with Crippen molar-refractivity contribution >= 4 is 10.0 Å². The third-order valence-electron chi connectivity index (χ3n) is 5.61. The smallest absolute Gasteiger partial charge is 0.249 e. The number of pyridine rings is 1. The third kappa shape index (κ3) is 2.51. The molecule has 2 bridgehead atoms. The molecule has 0 spiro atoms. The fourth-order valence-corrected chi connectivity index (χ4v) is 6.61. The van der Waals surface area contributed by atoms with Gasteiger partial charge in [0.2, 0.25) is 10.0 Å². The Morgan fingerprint density at radius 3 is 2.71 bits per heavy atom. The summed E-state index contributed by atoms with van der Waals surface area (Å²) in [6, 6.07) is 3.49. The largest absolute Gasteiger partial charge is 0.360 e. The molecule has 5 rings (SSSR count). The summed E-state index contributed by atoms with van der Waals surface area (Å²) in [6.07, 6.45) is 5.61. The molecule has 146 valence electrons. The Hall–Kier alpha value is -2.59. The number of sulfonamides is 1. The quantitative estimate of drug-likeness (QED) is 0.659. The van der Waals surface area contributed by atoms with Gasteiger partial charge in [0, 0.05) is 43.0 Å². The molecule has 3 aromatic heterocycles. The lowest BCUT2D eigenvalue weighted by Gasteiger charge is -2.26. The number of hydrogen-bond acceptors (Lipinski definition) is 7. The van der Waals surface area contributed by atoms with E-state index in [1.165, 1.54) is 0 Å². The Labute approximate surface area is 162 Å². The molecule has 0 amide bonds. The van der Waals surface area contributed by atoms with Crippen molar-refractivity contribution in [3.8, 4) is 11.4 Å². The van der Waals surface area contributed by atoms with Gasteiger partial charge in [-0.2, -0.15) is 4.31 Å². The second-order valence-electron chi connectivity index (χ2n) is 7.37. The van der Waals surface area contributed by atoms with Gasteiger partial charge in [0.05, 0.1) is 0 Å². The monoisotopic (exact) mass is 400 g/mol. The second-order valence-corrected chi connectivity index (χ2v) is 9.15. The molecular formula is C18H20N6O3S. The zero-order chi connectivity index (χ0) is 19.5. The first-order valence-corrected chi connectivity index (χ1v) is 10.7. The summed E-state index contributed by atoms with van der Waals surface area (Å²) in [7, 11) is -3.71. The molecule has 2 aliphatic heterocycles. The lowest BCUT2D eigenvalue weighted by molar-refractivity contribution is 0.315. The van der Waals surface area contributed by atoms with Crippen LogP contribution < -0.4 is 0 Å². The molecule has 9 nitrogen and oxygen atoms in total.